The number of nitrogens with zero attached hydrogens (tertiary/aromatic N) is 1. The summed E-state index contributed by atoms with van der Waals surface area (Å²) in [5.74, 6) is 0.828. The number of carbonyl (C=O) groups excluding carboxylic acids is 1. The van der Waals surface area contributed by atoms with E-state index in [2.05, 4.69) is 15.6 Å². The summed E-state index contributed by atoms with van der Waals surface area (Å²) >= 11 is 1.68. The van der Waals surface area contributed by atoms with Gasteiger partial charge in [-0.3, -0.25) is 4.79 Å². The van der Waals surface area contributed by atoms with Gasteiger partial charge in [0.05, 0.1) is 11.7 Å². The van der Waals surface area contributed by atoms with Gasteiger partial charge >= 0.3 is 0 Å². The lowest BCUT2D eigenvalue weighted by atomic mass is 9.85. The molecule has 4 nitrogen and oxygen atoms in total. The van der Waals surface area contributed by atoms with Crippen LogP contribution in [-0.4, -0.2) is 23.0 Å². The van der Waals surface area contributed by atoms with Gasteiger partial charge in [0, 0.05) is 10.9 Å². The maximum Gasteiger partial charge on any atom is 0.243 e. The van der Waals surface area contributed by atoms with Gasteiger partial charge in [-0.05, 0) is 50.9 Å². The van der Waals surface area contributed by atoms with Crippen LogP contribution in [0.25, 0.3) is 0 Å². The molecule has 21 heavy (non-hydrogen) atoms. The number of carbonyl (C=O) groups is 1. The third kappa shape index (κ3) is 2.73. The minimum Gasteiger partial charge on any atom is -0.303 e. The monoisotopic (exact) mass is 305 g/mol. The SMILES string of the molecule is O=C(Nc1nc2c(s1)CCCC2)C1CC2CCCCC2N1. The van der Waals surface area contributed by atoms with E-state index in [-0.39, 0.29) is 11.9 Å². The van der Waals surface area contributed by atoms with E-state index in [1.54, 1.807) is 11.3 Å². The lowest BCUT2D eigenvalue weighted by molar-refractivity contribution is -0.117. The van der Waals surface area contributed by atoms with E-state index in [4.69, 9.17) is 0 Å². The van der Waals surface area contributed by atoms with Crippen LogP contribution >= 0.6 is 11.3 Å². The zero-order valence-corrected chi connectivity index (χ0v) is 13.2. The maximum absolute atomic E-state index is 12.5. The first kappa shape index (κ1) is 13.7. The average molecular weight is 305 g/mol. The van der Waals surface area contributed by atoms with Gasteiger partial charge in [0.1, 0.15) is 0 Å². The second-order valence-electron chi connectivity index (χ2n) is 6.69. The molecule has 2 N–H and O–H groups in total. The van der Waals surface area contributed by atoms with Crippen molar-refractivity contribution in [3.63, 3.8) is 0 Å². The minimum absolute atomic E-state index is 0.0148. The molecule has 1 amide bonds. The molecular formula is C16H23N3OS. The highest BCUT2D eigenvalue weighted by Gasteiger charge is 2.38. The summed E-state index contributed by atoms with van der Waals surface area (Å²) in [6.45, 7) is 0. The summed E-state index contributed by atoms with van der Waals surface area (Å²) in [4.78, 5) is 18.5. The zero-order valence-electron chi connectivity index (χ0n) is 12.4. The standard InChI is InChI=1S/C16H23N3OS/c20-15(13-9-10-5-1-2-6-11(10)17-13)19-16-18-12-7-3-4-8-14(12)21-16/h10-11,13,17H,1-9H2,(H,18,19,20). The van der Waals surface area contributed by atoms with Gasteiger partial charge in [0.15, 0.2) is 5.13 Å². The van der Waals surface area contributed by atoms with E-state index >= 15 is 0 Å². The summed E-state index contributed by atoms with van der Waals surface area (Å²) in [6, 6.07) is 0.554. The molecule has 3 unspecified atom stereocenters. The van der Waals surface area contributed by atoms with Crippen LogP contribution in [0.2, 0.25) is 0 Å². The fraction of sp³-hybridized carbons (Fsp3) is 0.750. The lowest BCUT2D eigenvalue weighted by Crippen LogP contribution is -2.39. The second-order valence-corrected chi connectivity index (χ2v) is 7.77. The van der Waals surface area contributed by atoms with Gasteiger partial charge < -0.3 is 10.6 Å². The van der Waals surface area contributed by atoms with E-state index in [1.807, 2.05) is 0 Å². The van der Waals surface area contributed by atoms with Crippen molar-refractivity contribution in [3.05, 3.63) is 10.6 Å². The summed E-state index contributed by atoms with van der Waals surface area (Å²) in [5.41, 5.74) is 1.22. The van der Waals surface area contributed by atoms with Crippen molar-refractivity contribution in [3.8, 4) is 0 Å². The molecule has 2 fully saturated rings. The number of thiazole rings is 1. The molecule has 1 saturated carbocycles. The smallest absolute Gasteiger partial charge is 0.243 e. The molecule has 2 aliphatic carbocycles. The van der Waals surface area contributed by atoms with Crippen molar-refractivity contribution in [2.24, 2.45) is 5.92 Å². The normalized spacial score (nSPS) is 31.5. The van der Waals surface area contributed by atoms with E-state index < -0.39 is 0 Å². The van der Waals surface area contributed by atoms with Crippen LogP contribution < -0.4 is 10.6 Å². The third-order valence-corrected chi connectivity index (χ3v) is 6.33. The molecule has 0 aromatic carbocycles. The Morgan fingerprint density at radius 2 is 2.05 bits per heavy atom. The van der Waals surface area contributed by atoms with Crippen molar-refractivity contribution in [1.82, 2.24) is 10.3 Å². The van der Waals surface area contributed by atoms with Gasteiger partial charge in [-0.2, -0.15) is 0 Å². The molecule has 0 spiro atoms. The molecule has 5 heteroatoms. The lowest BCUT2D eigenvalue weighted by Gasteiger charge is -2.24. The molecule has 3 aliphatic rings. The highest BCUT2D eigenvalue weighted by atomic mass is 32.1. The largest absolute Gasteiger partial charge is 0.303 e. The third-order valence-electron chi connectivity index (χ3n) is 5.26. The quantitative estimate of drug-likeness (QED) is 0.883. The van der Waals surface area contributed by atoms with Crippen molar-refractivity contribution < 1.29 is 4.79 Å². The van der Waals surface area contributed by atoms with Gasteiger partial charge in [-0.25, -0.2) is 4.98 Å². The molecule has 0 bridgehead atoms. The Bertz CT molecular complexity index is 504. The van der Waals surface area contributed by atoms with Crippen LogP contribution in [0.5, 0.6) is 0 Å². The molecular weight excluding hydrogens is 282 g/mol. The van der Waals surface area contributed by atoms with Gasteiger partial charge in [0.25, 0.3) is 0 Å². The molecule has 1 aromatic rings. The number of amides is 1. The number of aryl methyl sites for hydroxylation is 2. The number of hydrogen-bond acceptors (Lipinski definition) is 4. The average Bonchev–Trinajstić information content (AvgIpc) is 3.10. The van der Waals surface area contributed by atoms with Crippen molar-refractivity contribution in [2.75, 3.05) is 5.32 Å². The van der Waals surface area contributed by atoms with Crippen LogP contribution in [0, 0.1) is 5.92 Å². The Morgan fingerprint density at radius 3 is 2.90 bits per heavy atom. The number of aromatic nitrogens is 1. The summed E-state index contributed by atoms with van der Waals surface area (Å²) in [7, 11) is 0. The molecule has 0 radical (unpaired) electrons. The molecule has 114 valence electrons. The topological polar surface area (TPSA) is 54.0 Å². The molecule has 4 rings (SSSR count). The first-order chi connectivity index (χ1) is 10.3. The highest BCUT2D eigenvalue weighted by molar-refractivity contribution is 7.15. The Kier molecular flexibility index (Phi) is 3.71. The van der Waals surface area contributed by atoms with Gasteiger partial charge in [-0.15, -0.1) is 11.3 Å². The zero-order chi connectivity index (χ0) is 14.2. The van der Waals surface area contributed by atoms with Crippen LogP contribution in [0.4, 0.5) is 5.13 Å². The first-order valence-electron chi connectivity index (χ1n) is 8.35. The number of hydrogen-bond donors (Lipinski definition) is 2. The van der Waals surface area contributed by atoms with E-state index in [1.165, 1.54) is 49.1 Å². The molecule has 2 heterocycles. The minimum atomic E-state index is -0.0148. The fourth-order valence-corrected chi connectivity index (χ4v) is 5.17. The van der Waals surface area contributed by atoms with Crippen molar-refractivity contribution >= 4 is 22.4 Å². The van der Waals surface area contributed by atoms with Crippen molar-refractivity contribution in [2.45, 2.75) is 69.9 Å². The molecule has 1 aromatic heterocycles. The Balaban J connectivity index is 1.40. The highest BCUT2D eigenvalue weighted by Crippen LogP contribution is 2.34. The van der Waals surface area contributed by atoms with Gasteiger partial charge in [0.2, 0.25) is 5.91 Å². The van der Waals surface area contributed by atoms with Crippen LogP contribution in [0.1, 0.15) is 55.5 Å². The predicted octanol–water partition coefficient (Wildman–Crippen LogP) is 2.88. The molecule has 1 aliphatic heterocycles. The predicted molar refractivity (Wildman–Crippen MR) is 84.7 cm³/mol. The summed E-state index contributed by atoms with van der Waals surface area (Å²) < 4.78 is 0. The summed E-state index contributed by atoms with van der Waals surface area (Å²) in [5, 5.41) is 7.41. The van der Waals surface area contributed by atoms with E-state index in [0.29, 0.717) is 12.0 Å². The Hall–Kier alpha value is -0.940. The number of fused-ring (bicyclic) bond motifs is 2. The van der Waals surface area contributed by atoms with Gasteiger partial charge in [-0.1, -0.05) is 12.8 Å². The number of anilines is 1. The fourth-order valence-electron chi connectivity index (χ4n) is 4.12. The number of nitrogens with one attached hydrogen (secondary N) is 2. The maximum atomic E-state index is 12.5. The molecule has 1 saturated heterocycles. The Morgan fingerprint density at radius 1 is 1.19 bits per heavy atom. The van der Waals surface area contributed by atoms with Crippen molar-refractivity contribution in [1.29, 1.82) is 0 Å². The van der Waals surface area contributed by atoms with Crippen LogP contribution in [0.15, 0.2) is 0 Å². The van der Waals surface area contributed by atoms with E-state index in [9.17, 15) is 4.79 Å². The first-order valence-corrected chi connectivity index (χ1v) is 9.17. The van der Waals surface area contributed by atoms with E-state index in [0.717, 1.165) is 24.4 Å². The van der Waals surface area contributed by atoms with Crippen LogP contribution in [0.3, 0.4) is 0 Å². The molecule has 3 atom stereocenters. The number of rotatable bonds is 2. The Labute approximate surface area is 129 Å². The van der Waals surface area contributed by atoms with Crippen LogP contribution in [-0.2, 0) is 17.6 Å². The summed E-state index contributed by atoms with van der Waals surface area (Å²) in [6.07, 6.45) is 10.9. The second kappa shape index (κ2) is 5.69.